The maximum absolute atomic E-state index is 4.44. The largest absolute Gasteiger partial charge is 0.355 e. The number of guanidine groups is 1. The summed E-state index contributed by atoms with van der Waals surface area (Å²) in [7, 11) is 6.19. The number of likely N-dealkylation sites (tertiary alicyclic amines) is 1. The van der Waals surface area contributed by atoms with E-state index in [0.29, 0.717) is 18.0 Å². The number of benzene rings is 1. The molecule has 1 aromatic rings. The van der Waals surface area contributed by atoms with Crippen LogP contribution >= 0.6 is 0 Å². The highest BCUT2D eigenvalue weighted by Crippen LogP contribution is 2.14. The van der Waals surface area contributed by atoms with E-state index >= 15 is 0 Å². The molecule has 1 heterocycles. The highest BCUT2D eigenvalue weighted by atomic mass is 15.2. The van der Waals surface area contributed by atoms with E-state index in [2.05, 4.69) is 83.7 Å². The molecule has 1 aliphatic heterocycles. The molecule has 0 saturated carbocycles. The minimum atomic E-state index is 0.506. The van der Waals surface area contributed by atoms with E-state index in [1.54, 1.807) is 0 Å². The molecule has 0 spiro atoms. The molecule has 0 aromatic heterocycles. The summed E-state index contributed by atoms with van der Waals surface area (Å²) in [5, 5.41) is 7.17. The Morgan fingerprint density at radius 2 is 1.85 bits per heavy atom. The molecule has 152 valence electrons. The van der Waals surface area contributed by atoms with Crippen molar-refractivity contribution in [2.45, 2.75) is 51.7 Å². The van der Waals surface area contributed by atoms with Gasteiger partial charge in [-0.15, -0.1) is 0 Å². The average Bonchev–Trinajstić information content (AvgIpc) is 2.65. The molecular formula is C22H39N5. The first-order valence-corrected chi connectivity index (χ1v) is 10.4. The van der Waals surface area contributed by atoms with Crippen LogP contribution in [-0.4, -0.2) is 68.6 Å². The average molecular weight is 374 g/mol. The molecule has 1 aliphatic rings. The number of rotatable bonds is 8. The van der Waals surface area contributed by atoms with Gasteiger partial charge in [-0.3, -0.25) is 9.89 Å². The number of likely N-dealkylation sites (N-methyl/N-ethyl adjacent to an activating group) is 1. The van der Waals surface area contributed by atoms with Gasteiger partial charge in [-0.25, -0.2) is 0 Å². The Morgan fingerprint density at radius 1 is 1.19 bits per heavy atom. The minimum absolute atomic E-state index is 0.506. The summed E-state index contributed by atoms with van der Waals surface area (Å²) in [5.41, 5.74) is 1.40. The molecule has 1 unspecified atom stereocenters. The maximum Gasteiger partial charge on any atom is 0.191 e. The van der Waals surface area contributed by atoms with Gasteiger partial charge >= 0.3 is 0 Å². The van der Waals surface area contributed by atoms with Crippen molar-refractivity contribution in [1.29, 1.82) is 0 Å². The Labute approximate surface area is 166 Å². The molecule has 2 N–H and O–H groups in total. The third-order valence-corrected chi connectivity index (χ3v) is 5.38. The van der Waals surface area contributed by atoms with Crippen molar-refractivity contribution < 1.29 is 0 Å². The van der Waals surface area contributed by atoms with Gasteiger partial charge in [0.2, 0.25) is 0 Å². The van der Waals surface area contributed by atoms with Crippen LogP contribution in [0.25, 0.3) is 0 Å². The van der Waals surface area contributed by atoms with Gasteiger partial charge in [-0.05, 0) is 44.8 Å². The number of hydrogen-bond acceptors (Lipinski definition) is 3. The number of nitrogens with zero attached hydrogens (tertiary/aromatic N) is 3. The van der Waals surface area contributed by atoms with E-state index in [1.807, 2.05) is 7.05 Å². The highest BCUT2D eigenvalue weighted by Gasteiger charge is 2.20. The Balaban J connectivity index is 1.74. The number of hydrogen-bond donors (Lipinski definition) is 2. The maximum atomic E-state index is 4.44. The zero-order chi connectivity index (χ0) is 19.6. The molecule has 27 heavy (non-hydrogen) atoms. The van der Waals surface area contributed by atoms with Crippen molar-refractivity contribution in [3.05, 3.63) is 35.9 Å². The Kier molecular flexibility index (Phi) is 9.08. The molecule has 1 atom stereocenters. The normalized spacial score (nSPS) is 18.1. The van der Waals surface area contributed by atoms with E-state index in [1.165, 1.54) is 12.0 Å². The number of nitrogens with one attached hydrogen (secondary N) is 2. The van der Waals surface area contributed by atoms with Crippen LogP contribution in [0.1, 0.15) is 38.7 Å². The SMILES string of the molecule is CN=C(NCC(CC(C)C)N(C)C)NC1CCN(Cc2ccccc2)CC1. The first-order valence-electron chi connectivity index (χ1n) is 10.4. The summed E-state index contributed by atoms with van der Waals surface area (Å²) in [6, 6.07) is 11.8. The Morgan fingerprint density at radius 3 is 2.41 bits per heavy atom. The molecule has 1 aromatic carbocycles. The van der Waals surface area contributed by atoms with Gasteiger partial charge in [0.05, 0.1) is 0 Å². The monoisotopic (exact) mass is 373 g/mol. The molecule has 5 nitrogen and oxygen atoms in total. The summed E-state index contributed by atoms with van der Waals surface area (Å²) in [6.07, 6.45) is 3.52. The van der Waals surface area contributed by atoms with Gasteiger partial charge in [0, 0.05) is 45.3 Å². The van der Waals surface area contributed by atoms with Crippen LogP contribution in [-0.2, 0) is 6.54 Å². The highest BCUT2D eigenvalue weighted by molar-refractivity contribution is 5.80. The van der Waals surface area contributed by atoms with Crippen LogP contribution in [0.2, 0.25) is 0 Å². The smallest absolute Gasteiger partial charge is 0.191 e. The van der Waals surface area contributed by atoms with Gasteiger partial charge in [-0.1, -0.05) is 44.2 Å². The second kappa shape index (κ2) is 11.3. The van der Waals surface area contributed by atoms with Gasteiger partial charge in [0.25, 0.3) is 0 Å². The molecular weight excluding hydrogens is 334 g/mol. The van der Waals surface area contributed by atoms with Gasteiger partial charge in [-0.2, -0.15) is 0 Å². The summed E-state index contributed by atoms with van der Waals surface area (Å²) in [4.78, 5) is 9.30. The van der Waals surface area contributed by atoms with Gasteiger partial charge in [0.15, 0.2) is 5.96 Å². The van der Waals surface area contributed by atoms with Crippen molar-refractivity contribution >= 4 is 5.96 Å². The first-order chi connectivity index (χ1) is 13.0. The van der Waals surface area contributed by atoms with Crippen LogP contribution in [0.3, 0.4) is 0 Å². The van der Waals surface area contributed by atoms with Crippen molar-refractivity contribution in [2.24, 2.45) is 10.9 Å². The fourth-order valence-electron chi connectivity index (χ4n) is 3.70. The fourth-order valence-corrected chi connectivity index (χ4v) is 3.70. The molecule has 0 amide bonds. The zero-order valence-corrected chi connectivity index (χ0v) is 17.9. The Hall–Kier alpha value is -1.59. The van der Waals surface area contributed by atoms with Crippen molar-refractivity contribution in [1.82, 2.24) is 20.4 Å². The first kappa shape index (κ1) is 21.7. The van der Waals surface area contributed by atoms with E-state index in [4.69, 9.17) is 0 Å². The van der Waals surface area contributed by atoms with Crippen molar-refractivity contribution in [2.75, 3.05) is 40.8 Å². The van der Waals surface area contributed by atoms with Gasteiger partial charge in [0.1, 0.15) is 0 Å². The molecule has 0 radical (unpaired) electrons. The van der Waals surface area contributed by atoms with Crippen LogP contribution in [0.4, 0.5) is 0 Å². The molecule has 2 rings (SSSR count). The number of piperidine rings is 1. The van der Waals surface area contributed by atoms with Crippen LogP contribution in [0, 0.1) is 5.92 Å². The predicted octanol–water partition coefficient (Wildman–Crippen LogP) is 2.79. The van der Waals surface area contributed by atoms with E-state index < -0.39 is 0 Å². The minimum Gasteiger partial charge on any atom is -0.355 e. The predicted molar refractivity (Wildman–Crippen MR) is 116 cm³/mol. The summed E-state index contributed by atoms with van der Waals surface area (Å²) in [5.74, 6) is 1.63. The second-order valence-corrected chi connectivity index (χ2v) is 8.38. The lowest BCUT2D eigenvalue weighted by Gasteiger charge is -2.33. The van der Waals surface area contributed by atoms with Crippen molar-refractivity contribution in [3.8, 4) is 0 Å². The lowest BCUT2D eigenvalue weighted by Crippen LogP contribution is -2.51. The summed E-state index contributed by atoms with van der Waals surface area (Å²) >= 11 is 0. The van der Waals surface area contributed by atoms with Crippen LogP contribution in [0.15, 0.2) is 35.3 Å². The number of aliphatic imine (C=N–C) groups is 1. The third-order valence-electron chi connectivity index (χ3n) is 5.38. The zero-order valence-electron chi connectivity index (χ0n) is 17.9. The topological polar surface area (TPSA) is 42.9 Å². The van der Waals surface area contributed by atoms with Crippen LogP contribution < -0.4 is 10.6 Å². The molecule has 5 heteroatoms. The standard InChI is InChI=1S/C22H39N5/c1-18(2)15-21(26(4)5)16-24-22(23-3)25-20-11-13-27(14-12-20)17-19-9-7-6-8-10-19/h6-10,18,20-21H,11-17H2,1-5H3,(H2,23,24,25). The van der Waals surface area contributed by atoms with E-state index in [9.17, 15) is 0 Å². The molecule has 1 saturated heterocycles. The summed E-state index contributed by atoms with van der Waals surface area (Å²) in [6.45, 7) is 8.83. The molecule has 1 fully saturated rings. The summed E-state index contributed by atoms with van der Waals surface area (Å²) < 4.78 is 0. The molecule has 0 aliphatic carbocycles. The van der Waals surface area contributed by atoms with Crippen LogP contribution in [0.5, 0.6) is 0 Å². The molecule has 0 bridgehead atoms. The van der Waals surface area contributed by atoms with Crippen molar-refractivity contribution in [3.63, 3.8) is 0 Å². The quantitative estimate of drug-likeness (QED) is 0.543. The second-order valence-electron chi connectivity index (χ2n) is 8.38. The van der Waals surface area contributed by atoms with E-state index in [0.717, 1.165) is 45.0 Å². The lowest BCUT2D eigenvalue weighted by atomic mass is 10.0. The van der Waals surface area contributed by atoms with E-state index in [-0.39, 0.29) is 0 Å². The third kappa shape index (κ3) is 7.89. The Bertz CT molecular complexity index is 547. The lowest BCUT2D eigenvalue weighted by molar-refractivity contribution is 0.198. The van der Waals surface area contributed by atoms with Gasteiger partial charge < -0.3 is 15.5 Å². The fraction of sp³-hybridized carbons (Fsp3) is 0.682.